The van der Waals surface area contributed by atoms with Gasteiger partial charge in [0, 0.05) is 12.7 Å². The lowest BCUT2D eigenvalue weighted by molar-refractivity contribution is 0.340. The van der Waals surface area contributed by atoms with Crippen LogP contribution < -0.4 is 10.1 Å². The van der Waals surface area contributed by atoms with Crippen molar-refractivity contribution in [3.63, 3.8) is 0 Å². The van der Waals surface area contributed by atoms with E-state index < -0.39 is 0 Å². The number of ether oxygens (including phenoxy) is 1. The number of rotatable bonds is 7. The van der Waals surface area contributed by atoms with Crippen LogP contribution in [0, 0.1) is 0 Å². The number of hydrogen-bond donors (Lipinski definition) is 1. The van der Waals surface area contributed by atoms with Crippen molar-refractivity contribution >= 4 is 0 Å². The Morgan fingerprint density at radius 1 is 1.16 bits per heavy atom. The van der Waals surface area contributed by atoms with Crippen LogP contribution in [0.1, 0.15) is 26.0 Å². The summed E-state index contributed by atoms with van der Waals surface area (Å²) in [5, 5.41) is 7.89. The average Bonchev–Trinajstić information content (AvgIpc) is 2.89. The summed E-state index contributed by atoms with van der Waals surface area (Å²) in [6.07, 6.45) is 3.12. The van der Waals surface area contributed by atoms with Crippen molar-refractivity contribution in [2.24, 2.45) is 0 Å². The molecule has 0 saturated heterocycles. The van der Waals surface area contributed by atoms with Gasteiger partial charge in [-0.2, -0.15) is 5.10 Å². The minimum atomic E-state index is 0.689. The van der Waals surface area contributed by atoms with Crippen LogP contribution in [0.15, 0.2) is 36.5 Å². The second-order valence-corrected chi connectivity index (χ2v) is 4.36. The molecule has 0 saturated carbocycles. The number of nitrogens with one attached hydrogen (secondary N) is 1. The summed E-state index contributed by atoms with van der Waals surface area (Å²) in [7, 11) is 0. The highest BCUT2D eigenvalue weighted by atomic mass is 16.5. The molecule has 0 aliphatic rings. The molecule has 0 unspecified atom stereocenters. The zero-order valence-electron chi connectivity index (χ0n) is 11.6. The fourth-order valence-corrected chi connectivity index (χ4v) is 1.85. The molecular formula is C15H21N3O. The van der Waals surface area contributed by atoms with Crippen molar-refractivity contribution in [3.05, 3.63) is 42.2 Å². The van der Waals surface area contributed by atoms with E-state index in [1.807, 2.05) is 48.1 Å². The topological polar surface area (TPSA) is 39.1 Å². The fourth-order valence-electron chi connectivity index (χ4n) is 1.85. The van der Waals surface area contributed by atoms with E-state index in [2.05, 4.69) is 17.3 Å². The third-order valence-electron chi connectivity index (χ3n) is 2.79. The van der Waals surface area contributed by atoms with Gasteiger partial charge in [-0.05, 0) is 50.2 Å². The Bertz CT molecular complexity index is 490. The predicted octanol–water partition coefficient (Wildman–Crippen LogP) is 2.77. The second kappa shape index (κ2) is 6.95. The summed E-state index contributed by atoms with van der Waals surface area (Å²) in [4.78, 5) is 0. The van der Waals surface area contributed by atoms with Gasteiger partial charge >= 0.3 is 0 Å². The normalized spacial score (nSPS) is 10.6. The van der Waals surface area contributed by atoms with E-state index in [1.165, 1.54) is 0 Å². The van der Waals surface area contributed by atoms with E-state index in [0.717, 1.165) is 36.6 Å². The van der Waals surface area contributed by atoms with Crippen molar-refractivity contribution in [2.75, 3.05) is 13.2 Å². The van der Waals surface area contributed by atoms with Gasteiger partial charge in [-0.25, -0.2) is 4.68 Å². The molecule has 1 aromatic heterocycles. The molecule has 102 valence electrons. The maximum Gasteiger partial charge on any atom is 0.119 e. The smallest absolute Gasteiger partial charge is 0.119 e. The van der Waals surface area contributed by atoms with Gasteiger partial charge in [-0.1, -0.05) is 6.92 Å². The van der Waals surface area contributed by atoms with E-state index in [-0.39, 0.29) is 0 Å². The minimum absolute atomic E-state index is 0.689. The molecule has 4 heteroatoms. The van der Waals surface area contributed by atoms with Gasteiger partial charge in [0.1, 0.15) is 5.75 Å². The predicted molar refractivity (Wildman–Crippen MR) is 76.7 cm³/mol. The Morgan fingerprint density at radius 3 is 2.63 bits per heavy atom. The SMILES string of the molecule is CCCNCc1ccn(-c2ccc(OCC)cc2)n1. The Hall–Kier alpha value is -1.81. The number of hydrogen-bond acceptors (Lipinski definition) is 3. The summed E-state index contributed by atoms with van der Waals surface area (Å²) in [6, 6.07) is 10.0. The molecule has 2 aromatic rings. The Morgan fingerprint density at radius 2 is 1.95 bits per heavy atom. The molecule has 0 bridgehead atoms. The third-order valence-corrected chi connectivity index (χ3v) is 2.79. The van der Waals surface area contributed by atoms with Gasteiger partial charge in [0.25, 0.3) is 0 Å². The van der Waals surface area contributed by atoms with Crippen LogP contribution in [0.3, 0.4) is 0 Å². The lowest BCUT2D eigenvalue weighted by atomic mass is 10.3. The first-order chi connectivity index (χ1) is 9.33. The fraction of sp³-hybridized carbons (Fsp3) is 0.400. The van der Waals surface area contributed by atoms with Crippen LogP contribution >= 0.6 is 0 Å². The third kappa shape index (κ3) is 3.83. The van der Waals surface area contributed by atoms with E-state index >= 15 is 0 Å². The molecule has 0 aliphatic carbocycles. The molecule has 1 aromatic carbocycles. The van der Waals surface area contributed by atoms with Crippen LogP contribution in [0.5, 0.6) is 5.75 Å². The van der Waals surface area contributed by atoms with Crippen LogP contribution in [0.25, 0.3) is 5.69 Å². The first kappa shape index (κ1) is 13.6. The van der Waals surface area contributed by atoms with Crippen LogP contribution in [-0.4, -0.2) is 22.9 Å². The molecule has 1 N–H and O–H groups in total. The van der Waals surface area contributed by atoms with Crippen molar-refractivity contribution < 1.29 is 4.74 Å². The largest absolute Gasteiger partial charge is 0.494 e. The molecule has 0 aliphatic heterocycles. The summed E-state index contributed by atoms with van der Waals surface area (Å²) < 4.78 is 7.32. The van der Waals surface area contributed by atoms with E-state index in [1.54, 1.807) is 0 Å². The summed E-state index contributed by atoms with van der Waals surface area (Å²) in [6.45, 7) is 6.67. The van der Waals surface area contributed by atoms with E-state index in [0.29, 0.717) is 6.61 Å². The monoisotopic (exact) mass is 259 g/mol. The van der Waals surface area contributed by atoms with Gasteiger partial charge in [0.05, 0.1) is 18.0 Å². The molecule has 19 heavy (non-hydrogen) atoms. The lowest BCUT2D eigenvalue weighted by Crippen LogP contribution is -2.14. The highest BCUT2D eigenvalue weighted by Gasteiger charge is 2.01. The van der Waals surface area contributed by atoms with E-state index in [9.17, 15) is 0 Å². The molecule has 0 radical (unpaired) electrons. The summed E-state index contributed by atoms with van der Waals surface area (Å²) in [5.41, 5.74) is 2.10. The Labute approximate surface area is 114 Å². The van der Waals surface area contributed by atoms with Gasteiger partial charge in [-0.3, -0.25) is 0 Å². The first-order valence-corrected chi connectivity index (χ1v) is 6.82. The molecular weight excluding hydrogens is 238 g/mol. The van der Waals surface area contributed by atoms with Crippen molar-refractivity contribution in [1.82, 2.24) is 15.1 Å². The second-order valence-electron chi connectivity index (χ2n) is 4.36. The van der Waals surface area contributed by atoms with Gasteiger partial charge in [0.15, 0.2) is 0 Å². The molecule has 0 atom stereocenters. The molecule has 2 rings (SSSR count). The van der Waals surface area contributed by atoms with Crippen LogP contribution in [0.4, 0.5) is 0 Å². The lowest BCUT2D eigenvalue weighted by Gasteiger charge is -2.05. The molecule has 1 heterocycles. The van der Waals surface area contributed by atoms with Crippen LogP contribution in [0.2, 0.25) is 0 Å². The number of aromatic nitrogens is 2. The average molecular weight is 259 g/mol. The van der Waals surface area contributed by atoms with Crippen LogP contribution in [-0.2, 0) is 6.54 Å². The van der Waals surface area contributed by atoms with Gasteiger partial charge in [0.2, 0.25) is 0 Å². The Balaban J connectivity index is 2.01. The van der Waals surface area contributed by atoms with Gasteiger partial charge in [-0.15, -0.1) is 0 Å². The maximum atomic E-state index is 5.43. The van der Waals surface area contributed by atoms with Crippen molar-refractivity contribution in [2.45, 2.75) is 26.8 Å². The van der Waals surface area contributed by atoms with E-state index in [4.69, 9.17) is 4.74 Å². The maximum absolute atomic E-state index is 5.43. The van der Waals surface area contributed by atoms with Gasteiger partial charge < -0.3 is 10.1 Å². The standard InChI is InChI=1S/C15H21N3O/c1-3-10-16-12-13-9-11-18(17-13)14-5-7-15(8-6-14)19-4-2/h5-9,11,16H,3-4,10,12H2,1-2H3. The molecule has 0 spiro atoms. The molecule has 0 fully saturated rings. The Kier molecular flexibility index (Phi) is 4.98. The molecule has 4 nitrogen and oxygen atoms in total. The highest BCUT2D eigenvalue weighted by Crippen LogP contribution is 2.15. The summed E-state index contributed by atoms with van der Waals surface area (Å²) >= 11 is 0. The zero-order valence-corrected chi connectivity index (χ0v) is 11.6. The molecule has 0 amide bonds. The number of nitrogens with zero attached hydrogens (tertiary/aromatic N) is 2. The first-order valence-electron chi connectivity index (χ1n) is 6.82. The van der Waals surface area contributed by atoms with Crippen molar-refractivity contribution in [3.8, 4) is 11.4 Å². The van der Waals surface area contributed by atoms with Crippen molar-refractivity contribution in [1.29, 1.82) is 0 Å². The number of benzene rings is 1. The zero-order chi connectivity index (χ0) is 13.5. The highest BCUT2D eigenvalue weighted by molar-refractivity contribution is 5.36. The quantitative estimate of drug-likeness (QED) is 0.777. The minimum Gasteiger partial charge on any atom is -0.494 e. The summed E-state index contributed by atoms with van der Waals surface area (Å²) in [5.74, 6) is 0.892.